The number of nitrogens with zero attached hydrogens (tertiary/aromatic N) is 3. The Morgan fingerprint density at radius 3 is 2.32 bits per heavy atom. The molecule has 3 aromatic heterocycles. The molecule has 0 fully saturated rings. The summed E-state index contributed by atoms with van der Waals surface area (Å²) in [6, 6.07) is 21.0. The van der Waals surface area contributed by atoms with E-state index in [0.29, 0.717) is 11.4 Å². The van der Waals surface area contributed by atoms with Crippen LogP contribution in [-0.2, 0) is 4.79 Å². The first-order valence-corrected chi connectivity index (χ1v) is 10.7. The lowest BCUT2D eigenvalue weighted by molar-refractivity contribution is -0.113. The van der Waals surface area contributed by atoms with Crippen molar-refractivity contribution in [2.75, 3.05) is 17.8 Å². The maximum atomic E-state index is 11.9. The number of hydrogen-bond acceptors (Lipinski definition) is 5. The van der Waals surface area contributed by atoms with E-state index in [1.165, 1.54) is 0 Å². The summed E-state index contributed by atoms with van der Waals surface area (Å²) >= 11 is 3.18. The number of methoxy groups -OCH3 is 1. The predicted molar refractivity (Wildman–Crippen MR) is 125 cm³/mol. The standard InChI is InChI=1S/C24H19BrN4O2/c1-31-22-11-8-16(14-21(22)28-23(30)15-25)17-9-10-19(18-6-2-4-12-26-18)29-24(17)20-7-3-5-13-27-20/h2-14H,15H2,1H3,(H,28,30). The number of alkyl halides is 1. The van der Waals surface area contributed by atoms with Gasteiger partial charge >= 0.3 is 0 Å². The predicted octanol–water partition coefficient (Wildman–Crippen LogP) is 5.21. The second-order valence-corrected chi connectivity index (χ2v) is 7.18. The zero-order valence-corrected chi connectivity index (χ0v) is 18.3. The van der Waals surface area contributed by atoms with Crippen LogP contribution in [-0.4, -0.2) is 33.3 Å². The van der Waals surface area contributed by atoms with Crippen molar-refractivity contribution in [2.45, 2.75) is 0 Å². The van der Waals surface area contributed by atoms with Crippen molar-refractivity contribution in [1.82, 2.24) is 15.0 Å². The van der Waals surface area contributed by atoms with E-state index in [9.17, 15) is 4.79 Å². The van der Waals surface area contributed by atoms with Crippen LogP contribution in [0.1, 0.15) is 0 Å². The smallest absolute Gasteiger partial charge is 0.235 e. The molecule has 7 heteroatoms. The van der Waals surface area contributed by atoms with Crippen molar-refractivity contribution in [3.05, 3.63) is 79.1 Å². The lowest BCUT2D eigenvalue weighted by atomic mass is 10.00. The number of aromatic nitrogens is 3. The van der Waals surface area contributed by atoms with E-state index in [2.05, 4.69) is 31.2 Å². The van der Waals surface area contributed by atoms with Gasteiger partial charge in [0.15, 0.2) is 0 Å². The average molecular weight is 475 g/mol. The van der Waals surface area contributed by atoms with E-state index in [1.807, 2.05) is 66.7 Å². The number of rotatable bonds is 6. The van der Waals surface area contributed by atoms with Crippen molar-refractivity contribution in [2.24, 2.45) is 0 Å². The Hall–Kier alpha value is -3.58. The normalized spacial score (nSPS) is 10.5. The molecule has 1 aromatic carbocycles. The Morgan fingerprint density at radius 2 is 1.68 bits per heavy atom. The third-order valence-corrected chi connectivity index (χ3v) is 5.15. The molecule has 0 spiro atoms. The zero-order chi connectivity index (χ0) is 21.6. The van der Waals surface area contributed by atoms with Gasteiger partial charge in [-0.2, -0.15) is 0 Å². The van der Waals surface area contributed by atoms with Gasteiger partial charge in [-0.05, 0) is 54.1 Å². The number of ether oxygens (including phenoxy) is 1. The van der Waals surface area contributed by atoms with Gasteiger partial charge in [0.25, 0.3) is 0 Å². The van der Waals surface area contributed by atoms with E-state index < -0.39 is 0 Å². The van der Waals surface area contributed by atoms with Crippen molar-refractivity contribution < 1.29 is 9.53 Å². The van der Waals surface area contributed by atoms with Crippen molar-refractivity contribution in [3.8, 4) is 39.7 Å². The first-order chi connectivity index (χ1) is 15.2. The fraction of sp³-hybridized carbons (Fsp3) is 0.0833. The Bertz CT molecular complexity index is 1200. The molecule has 0 saturated heterocycles. The van der Waals surface area contributed by atoms with Gasteiger partial charge in [0, 0.05) is 18.0 Å². The number of pyridine rings is 3. The number of anilines is 1. The summed E-state index contributed by atoms with van der Waals surface area (Å²) in [5, 5.41) is 3.06. The molecule has 0 radical (unpaired) electrons. The van der Waals surface area contributed by atoms with Gasteiger partial charge in [0.05, 0.1) is 40.9 Å². The average Bonchev–Trinajstić information content (AvgIpc) is 2.84. The van der Waals surface area contributed by atoms with Gasteiger partial charge in [-0.1, -0.05) is 34.1 Å². The summed E-state index contributed by atoms with van der Waals surface area (Å²) in [4.78, 5) is 25.7. The summed E-state index contributed by atoms with van der Waals surface area (Å²) < 4.78 is 5.41. The Morgan fingerprint density at radius 1 is 0.935 bits per heavy atom. The van der Waals surface area contributed by atoms with Crippen molar-refractivity contribution >= 4 is 27.5 Å². The topological polar surface area (TPSA) is 77.0 Å². The lowest BCUT2D eigenvalue weighted by Gasteiger charge is -2.14. The summed E-state index contributed by atoms with van der Waals surface area (Å²) in [6.07, 6.45) is 3.48. The third kappa shape index (κ3) is 4.62. The largest absolute Gasteiger partial charge is 0.495 e. The quantitative estimate of drug-likeness (QED) is 0.388. The Kier molecular flexibility index (Phi) is 6.33. The summed E-state index contributed by atoms with van der Waals surface area (Å²) in [7, 11) is 1.57. The molecule has 0 aliphatic heterocycles. The van der Waals surface area contributed by atoms with Crippen LogP contribution in [0.2, 0.25) is 0 Å². The molecule has 1 amide bonds. The van der Waals surface area contributed by atoms with Crippen LogP contribution in [0.4, 0.5) is 5.69 Å². The van der Waals surface area contributed by atoms with Crippen LogP contribution in [0.5, 0.6) is 5.75 Å². The summed E-state index contributed by atoms with van der Waals surface area (Å²) in [5.41, 5.74) is 5.37. The molecule has 0 bridgehead atoms. The zero-order valence-electron chi connectivity index (χ0n) is 16.7. The van der Waals surface area contributed by atoms with Crippen LogP contribution < -0.4 is 10.1 Å². The highest BCUT2D eigenvalue weighted by atomic mass is 79.9. The number of hydrogen-bond donors (Lipinski definition) is 1. The highest BCUT2D eigenvalue weighted by molar-refractivity contribution is 9.09. The van der Waals surface area contributed by atoms with Crippen LogP contribution in [0, 0.1) is 0 Å². The Labute approximate surface area is 188 Å². The van der Waals surface area contributed by atoms with Crippen LogP contribution in [0.3, 0.4) is 0 Å². The molecule has 4 aromatic rings. The van der Waals surface area contributed by atoms with Gasteiger partial charge < -0.3 is 10.1 Å². The molecule has 1 N–H and O–H groups in total. The lowest BCUT2D eigenvalue weighted by Crippen LogP contribution is -2.13. The second kappa shape index (κ2) is 9.49. The SMILES string of the molecule is COc1ccc(-c2ccc(-c3ccccn3)nc2-c2ccccn2)cc1NC(=O)CBr. The highest BCUT2D eigenvalue weighted by Crippen LogP contribution is 2.36. The van der Waals surface area contributed by atoms with Crippen LogP contribution in [0.15, 0.2) is 79.1 Å². The molecule has 6 nitrogen and oxygen atoms in total. The fourth-order valence-corrected chi connectivity index (χ4v) is 3.34. The first kappa shape index (κ1) is 20.7. The number of carbonyl (C=O) groups excluding carboxylic acids is 1. The molecule has 0 unspecified atom stereocenters. The Balaban J connectivity index is 1.86. The molecule has 0 aliphatic rings. The minimum absolute atomic E-state index is 0.163. The molecule has 4 rings (SSSR count). The molecule has 0 aliphatic carbocycles. The third-order valence-electron chi connectivity index (χ3n) is 4.64. The van der Waals surface area contributed by atoms with Gasteiger partial charge in [-0.25, -0.2) is 4.98 Å². The maximum Gasteiger partial charge on any atom is 0.235 e. The van der Waals surface area contributed by atoms with Crippen molar-refractivity contribution in [1.29, 1.82) is 0 Å². The molecular weight excluding hydrogens is 456 g/mol. The van der Waals surface area contributed by atoms with E-state index in [0.717, 1.165) is 33.9 Å². The van der Waals surface area contributed by atoms with Crippen LogP contribution >= 0.6 is 15.9 Å². The summed E-state index contributed by atoms with van der Waals surface area (Å²) in [6.45, 7) is 0. The van der Waals surface area contributed by atoms with Gasteiger partial charge in [0.2, 0.25) is 5.91 Å². The van der Waals surface area contributed by atoms with Gasteiger partial charge in [-0.3, -0.25) is 14.8 Å². The van der Waals surface area contributed by atoms with Crippen LogP contribution in [0.25, 0.3) is 33.9 Å². The number of halogens is 1. The molecule has 3 heterocycles. The number of carbonyl (C=O) groups is 1. The molecular formula is C24H19BrN4O2. The molecule has 0 saturated carbocycles. The van der Waals surface area contributed by atoms with E-state index in [-0.39, 0.29) is 11.2 Å². The maximum absolute atomic E-state index is 11.9. The number of benzene rings is 1. The minimum atomic E-state index is -0.163. The van der Waals surface area contributed by atoms with Crippen molar-refractivity contribution in [3.63, 3.8) is 0 Å². The number of nitrogens with one attached hydrogen (secondary N) is 1. The highest BCUT2D eigenvalue weighted by Gasteiger charge is 2.15. The second-order valence-electron chi connectivity index (χ2n) is 6.62. The fourth-order valence-electron chi connectivity index (χ4n) is 3.20. The summed E-state index contributed by atoms with van der Waals surface area (Å²) in [5.74, 6) is 0.416. The molecule has 0 atom stereocenters. The van der Waals surface area contributed by atoms with E-state index >= 15 is 0 Å². The first-order valence-electron chi connectivity index (χ1n) is 9.57. The number of amides is 1. The monoisotopic (exact) mass is 474 g/mol. The van der Waals surface area contributed by atoms with Gasteiger partial charge in [0.1, 0.15) is 5.75 Å². The minimum Gasteiger partial charge on any atom is -0.495 e. The van der Waals surface area contributed by atoms with Gasteiger partial charge in [-0.15, -0.1) is 0 Å². The van der Waals surface area contributed by atoms with E-state index in [4.69, 9.17) is 9.72 Å². The molecule has 154 valence electrons. The molecule has 31 heavy (non-hydrogen) atoms. The van der Waals surface area contributed by atoms with E-state index in [1.54, 1.807) is 19.5 Å².